The third kappa shape index (κ3) is 5.21. The van der Waals surface area contributed by atoms with Gasteiger partial charge in [-0.25, -0.2) is 4.79 Å². The van der Waals surface area contributed by atoms with E-state index in [9.17, 15) is 19.2 Å². The molecule has 0 atom stereocenters. The van der Waals surface area contributed by atoms with E-state index in [1.165, 1.54) is 15.7 Å². The highest BCUT2D eigenvalue weighted by Crippen LogP contribution is 2.23. The SMILES string of the molecule is CCCCn1c(N)c(N(Cc2ccco2)C(=O)c2ccc(CN3CCCC3=O)cc2)c(=O)[nH]c1=O. The van der Waals surface area contributed by atoms with Crippen molar-refractivity contribution < 1.29 is 14.0 Å². The normalized spacial score (nSPS) is 13.4. The largest absolute Gasteiger partial charge is 0.467 e. The van der Waals surface area contributed by atoms with Crippen molar-refractivity contribution in [3.05, 3.63) is 80.4 Å². The van der Waals surface area contributed by atoms with Crippen molar-refractivity contribution in [2.75, 3.05) is 17.2 Å². The maximum atomic E-state index is 13.6. The third-order valence-electron chi connectivity index (χ3n) is 6.10. The lowest BCUT2D eigenvalue weighted by molar-refractivity contribution is -0.128. The molecule has 3 N–H and O–H groups in total. The summed E-state index contributed by atoms with van der Waals surface area (Å²) in [5.74, 6) is 0.0367. The Morgan fingerprint density at radius 3 is 2.57 bits per heavy atom. The van der Waals surface area contributed by atoms with E-state index in [4.69, 9.17) is 10.2 Å². The first-order valence-corrected chi connectivity index (χ1v) is 11.7. The first-order chi connectivity index (χ1) is 16.9. The van der Waals surface area contributed by atoms with Gasteiger partial charge in [0, 0.05) is 31.6 Å². The van der Waals surface area contributed by atoms with Crippen molar-refractivity contribution in [2.24, 2.45) is 0 Å². The number of carbonyl (C=O) groups excluding carboxylic acids is 2. The monoisotopic (exact) mass is 479 g/mol. The predicted molar refractivity (Wildman–Crippen MR) is 131 cm³/mol. The minimum absolute atomic E-state index is 0.0465. The van der Waals surface area contributed by atoms with Gasteiger partial charge in [0.1, 0.15) is 11.6 Å². The number of nitrogens with two attached hydrogens (primary N) is 1. The van der Waals surface area contributed by atoms with Crippen LogP contribution in [0.1, 0.15) is 54.3 Å². The fourth-order valence-electron chi connectivity index (χ4n) is 4.19. The second-order valence-electron chi connectivity index (χ2n) is 8.58. The van der Waals surface area contributed by atoms with Gasteiger partial charge in [-0.05, 0) is 42.7 Å². The molecule has 2 amide bonds. The average molecular weight is 480 g/mol. The van der Waals surface area contributed by atoms with Crippen molar-refractivity contribution in [2.45, 2.75) is 52.2 Å². The molecular formula is C25H29N5O5. The van der Waals surface area contributed by atoms with E-state index in [0.717, 1.165) is 24.9 Å². The van der Waals surface area contributed by atoms with Crippen LogP contribution in [0.3, 0.4) is 0 Å². The molecule has 3 heterocycles. The van der Waals surface area contributed by atoms with Crippen LogP contribution in [0.4, 0.5) is 11.5 Å². The lowest BCUT2D eigenvalue weighted by atomic mass is 10.1. The first kappa shape index (κ1) is 24.1. The molecule has 0 aliphatic carbocycles. The molecule has 0 bridgehead atoms. The van der Waals surface area contributed by atoms with E-state index in [-0.39, 0.29) is 24.0 Å². The molecule has 1 fully saturated rings. The van der Waals surface area contributed by atoms with E-state index >= 15 is 0 Å². The Kier molecular flexibility index (Phi) is 7.19. The molecule has 10 nitrogen and oxygen atoms in total. The highest BCUT2D eigenvalue weighted by Gasteiger charge is 2.27. The van der Waals surface area contributed by atoms with Crippen molar-refractivity contribution in [3.8, 4) is 0 Å². The number of nitrogens with one attached hydrogen (secondary N) is 1. The average Bonchev–Trinajstić information content (AvgIpc) is 3.50. The van der Waals surface area contributed by atoms with E-state index in [1.54, 1.807) is 41.3 Å². The van der Waals surface area contributed by atoms with Gasteiger partial charge >= 0.3 is 5.69 Å². The topological polar surface area (TPSA) is 135 Å². The van der Waals surface area contributed by atoms with E-state index in [0.29, 0.717) is 37.3 Å². The molecule has 35 heavy (non-hydrogen) atoms. The Balaban J connectivity index is 1.68. The van der Waals surface area contributed by atoms with Crippen LogP contribution in [0, 0.1) is 0 Å². The van der Waals surface area contributed by atoms with Crippen LogP contribution >= 0.6 is 0 Å². The Bertz CT molecular complexity index is 1310. The quantitative estimate of drug-likeness (QED) is 0.484. The zero-order valence-corrected chi connectivity index (χ0v) is 19.7. The summed E-state index contributed by atoms with van der Waals surface area (Å²) in [5, 5.41) is 0. The fourth-order valence-corrected chi connectivity index (χ4v) is 4.19. The number of furan rings is 1. The molecule has 3 aromatic rings. The summed E-state index contributed by atoms with van der Waals surface area (Å²) < 4.78 is 6.70. The Labute approximate surface area is 202 Å². The van der Waals surface area contributed by atoms with Crippen molar-refractivity contribution in [1.29, 1.82) is 0 Å². The molecule has 10 heteroatoms. The summed E-state index contributed by atoms with van der Waals surface area (Å²) >= 11 is 0. The van der Waals surface area contributed by atoms with Crippen molar-refractivity contribution in [3.63, 3.8) is 0 Å². The molecule has 1 aromatic carbocycles. The summed E-state index contributed by atoms with van der Waals surface area (Å²) in [5.41, 5.74) is 6.05. The molecule has 0 unspecified atom stereocenters. The van der Waals surface area contributed by atoms with Gasteiger partial charge in [0.15, 0.2) is 5.69 Å². The number of amides is 2. The number of H-pyrrole nitrogens is 1. The smallest absolute Gasteiger partial charge is 0.330 e. The lowest BCUT2D eigenvalue weighted by Crippen LogP contribution is -2.41. The van der Waals surface area contributed by atoms with Crippen LogP contribution in [-0.4, -0.2) is 32.8 Å². The summed E-state index contributed by atoms with van der Waals surface area (Å²) in [6, 6.07) is 10.3. The number of hydrogen-bond donors (Lipinski definition) is 2. The van der Waals surface area contributed by atoms with Crippen LogP contribution in [0.5, 0.6) is 0 Å². The van der Waals surface area contributed by atoms with Crippen molar-refractivity contribution in [1.82, 2.24) is 14.5 Å². The van der Waals surface area contributed by atoms with Crippen LogP contribution in [-0.2, 0) is 24.4 Å². The number of nitrogen functional groups attached to an aromatic ring is 1. The second-order valence-corrected chi connectivity index (χ2v) is 8.58. The molecule has 1 aliphatic heterocycles. The number of rotatable bonds is 9. The summed E-state index contributed by atoms with van der Waals surface area (Å²) in [6.07, 6.45) is 4.40. The number of benzene rings is 1. The standard InChI is InChI=1S/C25H29N5O5/c1-2-3-13-29-22(26)21(23(32)27-25(29)34)30(16-19-6-5-14-35-19)24(33)18-10-8-17(9-11-18)15-28-12-4-7-20(28)31/h5-6,8-11,14H,2-4,7,12-13,15-16,26H2,1H3,(H,27,32,34). The minimum atomic E-state index is -0.746. The van der Waals surface area contributed by atoms with Crippen molar-refractivity contribution >= 4 is 23.3 Å². The van der Waals surface area contributed by atoms with Crippen LogP contribution in [0.15, 0.2) is 56.7 Å². The van der Waals surface area contributed by atoms with Gasteiger partial charge in [-0.2, -0.15) is 0 Å². The number of likely N-dealkylation sites (tertiary alicyclic amines) is 1. The Morgan fingerprint density at radius 1 is 1.17 bits per heavy atom. The van der Waals surface area contributed by atoms with E-state index < -0.39 is 17.2 Å². The van der Waals surface area contributed by atoms with Gasteiger partial charge < -0.3 is 15.1 Å². The summed E-state index contributed by atoms with van der Waals surface area (Å²) in [7, 11) is 0. The van der Waals surface area contributed by atoms with Crippen LogP contribution < -0.4 is 21.9 Å². The minimum Gasteiger partial charge on any atom is -0.467 e. The predicted octanol–water partition coefficient (Wildman–Crippen LogP) is 2.48. The molecule has 0 spiro atoms. The molecule has 1 aliphatic rings. The molecule has 0 saturated carbocycles. The number of unbranched alkanes of at least 4 members (excludes halogenated alkanes) is 1. The highest BCUT2D eigenvalue weighted by molar-refractivity contribution is 6.07. The number of aromatic nitrogens is 2. The van der Waals surface area contributed by atoms with Gasteiger partial charge in [0.25, 0.3) is 11.5 Å². The fraction of sp³-hybridized carbons (Fsp3) is 0.360. The van der Waals surface area contributed by atoms with Gasteiger partial charge in [-0.15, -0.1) is 0 Å². The highest BCUT2D eigenvalue weighted by atomic mass is 16.3. The molecule has 0 radical (unpaired) electrons. The number of nitrogens with zero attached hydrogens (tertiary/aromatic N) is 3. The Hall–Kier alpha value is -4.08. The van der Waals surface area contributed by atoms with Gasteiger partial charge in [0.05, 0.1) is 12.8 Å². The maximum Gasteiger partial charge on any atom is 0.330 e. The number of anilines is 2. The number of hydrogen-bond acceptors (Lipinski definition) is 6. The first-order valence-electron chi connectivity index (χ1n) is 11.7. The second kappa shape index (κ2) is 10.5. The zero-order valence-electron chi connectivity index (χ0n) is 19.7. The van der Waals surface area contributed by atoms with E-state index in [2.05, 4.69) is 4.98 Å². The molecule has 184 valence electrons. The molecule has 2 aromatic heterocycles. The number of aromatic amines is 1. The van der Waals surface area contributed by atoms with Gasteiger partial charge in [-0.1, -0.05) is 25.5 Å². The molecule has 1 saturated heterocycles. The zero-order chi connectivity index (χ0) is 24.9. The third-order valence-corrected chi connectivity index (χ3v) is 6.10. The van der Waals surface area contributed by atoms with Gasteiger partial charge in [-0.3, -0.25) is 28.8 Å². The molecule has 4 rings (SSSR count). The Morgan fingerprint density at radius 2 is 1.94 bits per heavy atom. The lowest BCUT2D eigenvalue weighted by Gasteiger charge is -2.24. The summed E-state index contributed by atoms with van der Waals surface area (Å²) in [4.78, 5) is 56.1. The summed E-state index contributed by atoms with van der Waals surface area (Å²) in [6.45, 7) is 3.46. The van der Waals surface area contributed by atoms with Crippen LogP contribution in [0.2, 0.25) is 0 Å². The van der Waals surface area contributed by atoms with Crippen LogP contribution in [0.25, 0.3) is 0 Å². The molecular weight excluding hydrogens is 450 g/mol. The van der Waals surface area contributed by atoms with Gasteiger partial charge in [0.2, 0.25) is 5.91 Å². The number of carbonyl (C=O) groups is 2. The van der Waals surface area contributed by atoms with E-state index in [1.807, 2.05) is 6.92 Å². The maximum absolute atomic E-state index is 13.6.